The van der Waals surface area contributed by atoms with Crippen molar-refractivity contribution >= 4 is 23.2 Å². The van der Waals surface area contributed by atoms with Gasteiger partial charge >= 0.3 is 11.6 Å². The van der Waals surface area contributed by atoms with Crippen molar-refractivity contribution in [3.8, 4) is 11.6 Å². The van der Waals surface area contributed by atoms with Crippen molar-refractivity contribution in [1.29, 1.82) is 0 Å². The van der Waals surface area contributed by atoms with Gasteiger partial charge in [-0.2, -0.15) is 4.98 Å². The zero-order valence-electron chi connectivity index (χ0n) is 9.71. The highest BCUT2D eigenvalue weighted by molar-refractivity contribution is 6.32. The maximum absolute atomic E-state index is 12.9. The molecule has 1 heterocycles. The van der Waals surface area contributed by atoms with Crippen LogP contribution in [0.4, 0.5) is 16.0 Å². The molecule has 0 bridgehead atoms. The highest BCUT2D eigenvalue weighted by atomic mass is 35.5. The lowest BCUT2D eigenvalue weighted by Crippen LogP contribution is -2.11. The van der Waals surface area contributed by atoms with Crippen molar-refractivity contribution in [3.05, 3.63) is 45.4 Å². The minimum Gasteiger partial charge on any atom is -0.432 e. The van der Waals surface area contributed by atoms with E-state index in [4.69, 9.17) is 22.2 Å². The first-order chi connectivity index (χ1) is 9.51. The van der Waals surface area contributed by atoms with E-state index in [1.54, 1.807) is 0 Å². The first-order valence-corrected chi connectivity index (χ1v) is 5.50. The number of aromatic nitrogens is 2. The van der Waals surface area contributed by atoms with Crippen molar-refractivity contribution in [2.75, 3.05) is 5.43 Å². The molecule has 0 radical (unpaired) electrons. The second-order valence-electron chi connectivity index (χ2n) is 3.46. The van der Waals surface area contributed by atoms with Crippen molar-refractivity contribution in [3.63, 3.8) is 0 Å². The fourth-order valence-corrected chi connectivity index (χ4v) is 1.50. The average Bonchev–Trinajstić information content (AvgIpc) is 2.41. The standard InChI is InChI=1S/C10H7ClFN5O3/c11-6-3-5(12)1-2-8(6)20-9-7(17(18)19)4-14-10(15-9)16-13/h1-4H,13H2,(H,14,15,16). The lowest BCUT2D eigenvalue weighted by atomic mass is 10.3. The number of ether oxygens (including phenoxy) is 1. The monoisotopic (exact) mass is 299 g/mol. The molecular weight excluding hydrogens is 293 g/mol. The molecule has 3 N–H and O–H groups in total. The number of nitro groups is 1. The Morgan fingerprint density at radius 2 is 2.25 bits per heavy atom. The molecule has 8 nitrogen and oxygen atoms in total. The number of anilines is 1. The van der Waals surface area contributed by atoms with Crippen LogP contribution in [0, 0.1) is 15.9 Å². The van der Waals surface area contributed by atoms with Crippen LogP contribution in [-0.4, -0.2) is 14.9 Å². The third kappa shape index (κ3) is 2.90. The van der Waals surface area contributed by atoms with E-state index in [0.29, 0.717) is 0 Å². The third-order valence-electron chi connectivity index (χ3n) is 2.16. The maximum atomic E-state index is 12.9. The lowest BCUT2D eigenvalue weighted by molar-refractivity contribution is -0.386. The summed E-state index contributed by atoms with van der Waals surface area (Å²) in [6.45, 7) is 0. The van der Waals surface area contributed by atoms with Crippen LogP contribution in [0.1, 0.15) is 0 Å². The molecule has 2 rings (SSSR count). The van der Waals surface area contributed by atoms with Crippen LogP contribution < -0.4 is 16.0 Å². The van der Waals surface area contributed by atoms with Crippen molar-refractivity contribution in [1.82, 2.24) is 9.97 Å². The van der Waals surface area contributed by atoms with Gasteiger partial charge in [0.25, 0.3) is 0 Å². The number of benzene rings is 1. The fourth-order valence-electron chi connectivity index (χ4n) is 1.29. The number of hydrogen-bond acceptors (Lipinski definition) is 7. The minimum absolute atomic E-state index is 0.0119. The van der Waals surface area contributed by atoms with Crippen molar-refractivity contribution < 1.29 is 14.1 Å². The van der Waals surface area contributed by atoms with Gasteiger partial charge in [-0.25, -0.2) is 15.2 Å². The second kappa shape index (κ2) is 5.63. The normalized spacial score (nSPS) is 10.2. The van der Waals surface area contributed by atoms with Crippen LogP contribution in [0.3, 0.4) is 0 Å². The summed E-state index contributed by atoms with van der Waals surface area (Å²) in [6.07, 6.45) is 0.926. The molecule has 1 aromatic heterocycles. The van der Waals surface area contributed by atoms with Crippen LogP contribution in [0.25, 0.3) is 0 Å². The van der Waals surface area contributed by atoms with Gasteiger partial charge < -0.3 is 4.74 Å². The van der Waals surface area contributed by atoms with Gasteiger partial charge in [-0.3, -0.25) is 15.5 Å². The fraction of sp³-hybridized carbons (Fsp3) is 0. The van der Waals surface area contributed by atoms with E-state index in [2.05, 4.69) is 15.4 Å². The summed E-state index contributed by atoms with van der Waals surface area (Å²) in [5.74, 6) is 4.11. The van der Waals surface area contributed by atoms with Crippen LogP contribution >= 0.6 is 11.6 Å². The first-order valence-electron chi connectivity index (χ1n) is 5.12. The SMILES string of the molecule is NNc1ncc([N+](=O)[O-])c(Oc2ccc(F)cc2Cl)n1. The van der Waals surface area contributed by atoms with Gasteiger partial charge in [-0.05, 0) is 18.2 Å². The zero-order valence-corrected chi connectivity index (χ0v) is 10.5. The van der Waals surface area contributed by atoms with Gasteiger partial charge in [-0.1, -0.05) is 11.6 Å². The number of rotatable bonds is 4. The Balaban J connectivity index is 2.43. The summed E-state index contributed by atoms with van der Waals surface area (Å²) in [4.78, 5) is 17.4. The van der Waals surface area contributed by atoms with Crippen molar-refractivity contribution in [2.45, 2.75) is 0 Å². The summed E-state index contributed by atoms with van der Waals surface area (Å²) >= 11 is 5.77. The summed E-state index contributed by atoms with van der Waals surface area (Å²) in [5.41, 5.74) is 1.64. The molecule has 0 saturated carbocycles. The molecule has 0 aliphatic heterocycles. The summed E-state index contributed by atoms with van der Waals surface area (Å²) in [5, 5.41) is 10.8. The summed E-state index contributed by atoms with van der Waals surface area (Å²) < 4.78 is 18.1. The molecule has 0 amide bonds. The number of nitrogens with zero attached hydrogens (tertiary/aromatic N) is 3. The Hall–Kier alpha value is -2.52. The molecule has 104 valence electrons. The van der Waals surface area contributed by atoms with E-state index >= 15 is 0 Å². The first kappa shape index (κ1) is 13.9. The van der Waals surface area contributed by atoms with Crippen molar-refractivity contribution in [2.24, 2.45) is 5.84 Å². The van der Waals surface area contributed by atoms with E-state index in [1.165, 1.54) is 6.07 Å². The van der Waals surface area contributed by atoms with Gasteiger partial charge in [0.2, 0.25) is 5.95 Å². The molecule has 0 fully saturated rings. The second-order valence-corrected chi connectivity index (χ2v) is 3.87. The van der Waals surface area contributed by atoms with Crippen LogP contribution in [0.2, 0.25) is 5.02 Å². The predicted molar refractivity (Wildman–Crippen MR) is 68.0 cm³/mol. The number of halogens is 2. The Kier molecular flexibility index (Phi) is 3.91. The Morgan fingerprint density at radius 3 is 2.85 bits per heavy atom. The average molecular weight is 300 g/mol. The van der Waals surface area contributed by atoms with Gasteiger partial charge in [0, 0.05) is 0 Å². The third-order valence-corrected chi connectivity index (χ3v) is 2.46. The van der Waals surface area contributed by atoms with E-state index < -0.39 is 16.4 Å². The lowest BCUT2D eigenvalue weighted by Gasteiger charge is -2.07. The predicted octanol–water partition coefficient (Wildman–Crippen LogP) is 2.26. The van der Waals surface area contributed by atoms with E-state index in [0.717, 1.165) is 18.3 Å². The maximum Gasteiger partial charge on any atom is 0.349 e. The molecule has 1 aromatic carbocycles. The van der Waals surface area contributed by atoms with Crippen LogP contribution in [0.15, 0.2) is 24.4 Å². The smallest absolute Gasteiger partial charge is 0.349 e. The Bertz CT molecular complexity index is 669. The quantitative estimate of drug-likeness (QED) is 0.505. The molecule has 0 aliphatic carbocycles. The highest BCUT2D eigenvalue weighted by Crippen LogP contribution is 2.33. The number of nitrogens with two attached hydrogens (primary N) is 1. The molecule has 2 aromatic rings. The van der Waals surface area contributed by atoms with Crippen LogP contribution in [-0.2, 0) is 0 Å². The molecule has 10 heteroatoms. The summed E-state index contributed by atoms with van der Waals surface area (Å²) in [7, 11) is 0. The topological polar surface area (TPSA) is 116 Å². The minimum atomic E-state index is -0.729. The largest absolute Gasteiger partial charge is 0.432 e. The summed E-state index contributed by atoms with van der Waals surface area (Å²) in [6, 6.07) is 3.32. The molecule has 0 spiro atoms. The number of nitrogen functional groups attached to an aromatic ring is 1. The van der Waals surface area contributed by atoms with Gasteiger partial charge in [0.05, 0.1) is 9.95 Å². The van der Waals surface area contributed by atoms with E-state index in [9.17, 15) is 14.5 Å². The number of hydrogen-bond donors (Lipinski definition) is 2. The Morgan fingerprint density at radius 1 is 1.50 bits per heavy atom. The van der Waals surface area contributed by atoms with E-state index in [1.807, 2.05) is 0 Å². The molecule has 0 atom stereocenters. The number of hydrazine groups is 1. The van der Waals surface area contributed by atoms with Crippen LogP contribution in [0.5, 0.6) is 11.6 Å². The molecule has 0 aliphatic rings. The Labute approximate surface area is 116 Å². The molecule has 20 heavy (non-hydrogen) atoms. The van der Waals surface area contributed by atoms with E-state index in [-0.39, 0.29) is 22.6 Å². The van der Waals surface area contributed by atoms with Gasteiger partial charge in [0.1, 0.15) is 17.8 Å². The number of nitrogens with one attached hydrogen (secondary N) is 1. The molecule has 0 unspecified atom stereocenters. The molecule has 0 saturated heterocycles. The van der Waals surface area contributed by atoms with Gasteiger partial charge in [-0.15, -0.1) is 0 Å². The molecular formula is C10H7ClFN5O3. The highest BCUT2D eigenvalue weighted by Gasteiger charge is 2.20. The zero-order chi connectivity index (χ0) is 14.7. The van der Waals surface area contributed by atoms with Gasteiger partial charge in [0.15, 0.2) is 0 Å².